The molecule has 0 bridgehead atoms. The SMILES string of the molecule is CC(CNCCOc1ccccc1)NS(=O)(=O)c1ccc2cnccc2c1. The maximum absolute atomic E-state index is 12.6. The highest BCUT2D eigenvalue weighted by atomic mass is 32.2. The Morgan fingerprint density at radius 2 is 1.89 bits per heavy atom. The lowest BCUT2D eigenvalue weighted by molar-refractivity contribution is 0.312. The maximum Gasteiger partial charge on any atom is 0.240 e. The molecule has 6 nitrogen and oxygen atoms in total. The van der Waals surface area contributed by atoms with E-state index in [0.717, 1.165) is 16.5 Å². The summed E-state index contributed by atoms with van der Waals surface area (Å²) in [5, 5.41) is 4.95. The van der Waals surface area contributed by atoms with Crippen LogP contribution >= 0.6 is 0 Å². The minimum Gasteiger partial charge on any atom is -0.492 e. The number of benzene rings is 2. The minimum atomic E-state index is -3.58. The van der Waals surface area contributed by atoms with Crippen LogP contribution in [-0.4, -0.2) is 39.1 Å². The van der Waals surface area contributed by atoms with Crippen LogP contribution in [-0.2, 0) is 10.0 Å². The molecule has 0 amide bonds. The van der Waals surface area contributed by atoms with Gasteiger partial charge < -0.3 is 10.1 Å². The van der Waals surface area contributed by atoms with Crippen LogP contribution < -0.4 is 14.8 Å². The highest BCUT2D eigenvalue weighted by molar-refractivity contribution is 7.89. The molecular weight excluding hydrogens is 362 g/mol. The summed E-state index contributed by atoms with van der Waals surface area (Å²) < 4.78 is 33.5. The standard InChI is InChI=1S/C20H23N3O3S/c1-16(14-22-11-12-26-19-5-3-2-4-6-19)23-27(24,25)20-8-7-18-15-21-10-9-17(18)13-20/h2-10,13,15-16,22-23H,11-12,14H2,1H3. The second kappa shape index (κ2) is 8.94. The topological polar surface area (TPSA) is 80.3 Å². The Balaban J connectivity index is 1.47. The molecule has 0 radical (unpaired) electrons. The predicted octanol–water partition coefficient (Wildman–Crippen LogP) is 2.57. The third-order valence-corrected chi connectivity index (χ3v) is 5.61. The zero-order valence-electron chi connectivity index (χ0n) is 15.1. The average Bonchev–Trinajstić information content (AvgIpc) is 2.68. The Bertz CT molecular complexity index is 978. The Kier molecular flexibility index (Phi) is 6.39. The van der Waals surface area contributed by atoms with Crippen molar-refractivity contribution in [1.82, 2.24) is 15.0 Å². The Hall–Kier alpha value is -2.48. The number of fused-ring (bicyclic) bond motifs is 1. The van der Waals surface area contributed by atoms with Crippen LogP contribution in [0.3, 0.4) is 0 Å². The molecule has 7 heteroatoms. The molecule has 0 aliphatic carbocycles. The minimum absolute atomic E-state index is 0.250. The molecule has 1 unspecified atom stereocenters. The molecule has 3 aromatic rings. The van der Waals surface area contributed by atoms with Crippen molar-refractivity contribution >= 4 is 20.8 Å². The van der Waals surface area contributed by atoms with E-state index in [1.165, 1.54) is 0 Å². The fraction of sp³-hybridized carbons (Fsp3) is 0.250. The van der Waals surface area contributed by atoms with Gasteiger partial charge >= 0.3 is 0 Å². The van der Waals surface area contributed by atoms with E-state index in [4.69, 9.17) is 4.74 Å². The number of pyridine rings is 1. The van der Waals surface area contributed by atoms with Crippen LogP contribution in [0.5, 0.6) is 5.75 Å². The van der Waals surface area contributed by atoms with E-state index >= 15 is 0 Å². The summed E-state index contributed by atoms with van der Waals surface area (Å²) in [6, 6.07) is 16.1. The van der Waals surface area contributed by atoms with Crippen LogP contribution in [0, 0.1) is 0 Å². The first-order chi connectivity index (χ1) is 13.0. The summed E-state index contributed by atoms with van der Waals surface area (Å²) in [4.78, 5) is 4.29. The van der Waals surface area contributed by atoms with Crippen molar-refractivity contribution in [2.45, 2.75) is 17.9 Å². The van der Waals surface area contributed by atoms with Crippen molar-refractivity contribution < 1.29 is 13.2 Å². The summed E-state index contributed by atoms with van der Waals surface area (Å²) in [5.41, 5.74) is 0. The van der Waals surface area contributed by atoms with Gasteiger partial charge in [-0.3, -0.25) is 4.98 Å². The van der Waals surface area contributed by atoms with Gasteiger partial charge in [-0.15, -0.1) is 0 Å². The number of hydrogen-bond acceptors (Lipinski definition) is 5. The Morgan fingerprint density at radius 3 is 2.70 bits per heavy atom. The average molecular weight is 385 g/mol. The number of nitrogens with zero attached hydrogens (tertiary/aromatic N) is 1. The molecule has 0 aliphatic heterocycles. The first kappa shape index (κ1) is 19.3. The lowest BCUT2D eigenvalue weighted by Crippen LogP contribution is -2.40. The van der Waals surface area contributed by atoms with Gasteiger partial charge in [0.05, 0.1) is 4.90 Å². The molecule has 2 N–H and O–H groups in total. The van der Waals surface area contributed by atoms with Crippen molar-refractivity contribution in [2.75, 3.05) is 19.7 Å². The molecule has 27 heavy (non-hydrogen) atoms. The predicted molar refractivity (Wildman–Crippen MR) is 106 cm³/mol. The Morgan fingerprint density at radius 1 is 1.07 bits per heavy atom. The van der Waals surface area contributed by atoms with Gasteiger partial charge in [-0.05, 0) is 42.6 Å². The molecule has 142 valence electrons. The molecule has 0 saturated heterocycles. The largest absolute Gasteiger partial charge is 0.492 e. The molecule has 1 aromatic heterocycles. The van der Waals surface area contributed by atoms with Crippen LogP contribution in [0.2, 0.25) is 0 Å². The van der Waals surface area contributed by atoms with Crippen molar-refractivity contribution in [3.05, 3.63) is 67.0 Å². The number of nitrogens with one attached hydrogen (secondary N) is 2. The smallest absolute Gasteiger partial charge is 0.240 e. The molecule has 0 aliphatic rings. The zero-order valence-corrected chi connectivity index (χ0v) is 15.9. The monoisotopic (exact) mass is 385 g/mol. The second-order valence-corrected chi connectivity index (χ2v) is 7.99. The molecule has 0 spiro atoms. The van der Waals surface area contributed by atoms with E-state index < -0.39 is 10.0 Å². The van der Waals surface area contributed by atoms with Crippen molar-refractivity contribution in [1.29, 1.82) is 0 Å². The first-order valence-electron chi connectivity index (χ1n) is 8.79. The summed E-state index contributed by atoms with van der Waals surface area (Å²) in [6.45, 7) is 3.48. The van der Waals surface area contributed by atoms with Gasteiger partial charge in [0.1, 0.15) is 12.4 Å². The normalized spacial score (nSPS) is 12.8. The number of ether oxygens (including phenoxy) is 1. The molecule has 2 aromatic carbocycles. The number of para-hydroxylation sites is 1. The second-order valence-electron chi connectivity index (χ2n) is 6.27. The lowest BCUT2D eigenvalue weighted by Gasteiger charge is -2.15. The van der Waals surface area contributed by atoms with Gasteiger partial charge in [0.15, 0.2) is 0 Å². The van der Waals surface area contributed by atoms with Crippen LogP contribution in [0.4, 0.5) is 0 Å². The van der Waals surface area contributed by atoms with E-state index in [1.54, 1.807) is 36.7 Å². The quantitative estimate of drug-likeness (QED) is 0.554. The van der Waals surface area contributed by atoms with E-state index in [-0.39, 0.29) is 10.9 Å². The number of hydrogen-bond donors (Lipinski definition) is 2. The molecule has 0 saturated carbocycles. The molecule has 1 atom stereocenters. The van der Waals surface area contributed by atoms with Gasteiger partial charge in [0, 0.05) is 36.9 Å². The van der Waals surface area contributed by atoms with Gasteiger partial charge in [0.25, 0.3) is 0 Å². The number of rotatable bonds is 9. The van der Waals surface area contributed by atoms with Crippen molar-refractivity contribution in [2.24, 2.45) is 0 Å². The summed E-state index contributed by atoms with van der Waals surface area (Å²) in [7, 11) is -3.58. The number of aromatic nitrogens is 1. The van der Waals surface area contributed by atoms with Crippen LogP contribution in [0.1, 0.15) is 6.92 Å². The van der Waals surface area contributed by atoms with E-state index in [0.29, 0.717) is 19.7 Å². The van der Waals surface area contributed by atoms with Gasteiger partial charge in [0.2, 0.25) is 10.0 Å². The third kappa shape index (κ3) is 5.50. The molecule has 1 heterocycles. The van der Waals surface area contributed by atoms with E-state index in [1.807, 2.05) is 37.3 Å². The highest BCUT2D eigenvalue weighted by Gasteiger charge is 2.17. The fourth-order valence-corrected chi connectivity index (χ4v) is 3.96. The summed E-state index contributed by atoms with van der Waals surface area (Å²) in [6.07, 6.45) is 3.36. The van der Waals surface area contributed by atoms with Crippen LogP contribution in [0.25, 0.3) is 10.8 Å². The molecule has 3 rings (SSSR count). The molecular formula is C20H23N3O3S. The maximum atomic E-state index is 12.6. The van der Waals surface area contributed by atoms with Crippen molar-refractivity contribution in [3.63, 3.8) is 0 Å². The van der Waals surface area contributed by atoms with Gasteiger partial charge in [-0.2, -0.15) is 0 Å². The number of sulfonamides is 1. The summed E-state index contributed by atoms with van der Waals surface area (Å²) in [5.74, 6) is 0.819. The van der Waals surface area contributed by atoms with Gasteiger partial charge in [-0.25, -0.2) is 13.1 Å². The van der Waals surface area contributed by atoms with E-state index in [9.17, 15) is 8.42 Å². The third-order valence-electron chi connectivity index (χ3n) is 4.02. The van der Waals surface area contributed by atoms with Gasteiger partial charge in [-0.1, -0.05) is 24.3 Å². The fourth-order valence-electron chi connectivity index (χ4n) is 2.68. The first-order valence-corrected chi connectivity index (χ1v) is 10.3. The highest BCUT2D eigenvalue weighted by Crippen LogP contribution is 2.18. The van der Waals surface area contributed by atoms with Crippen LogP contribution in [0.15, 0.2) is 71.9 Å². The lowest BCUT2D eigenvalue weighted by atomic mass is 10.2. The zero-order chi connectivity index (χ0) is 19.1. The summed E-state index contributed by atoms with van der Waals surface area (Å²) >= 11 is 0. The Labute approximate surface area is 159 Å². The molecule has 0 fully saturated rings. The van der Waals surface area contributed by atoms with Crippen molar-refractivity contribution in [3.8, 4) is 5.75 Å². The van der Waals surface area contributed by atoms with E-state index in [2.05, 4.69) is 15.0 Å².